The minimum atomic E-state index is 0.641. The molecular weight excluding hydrogens is 512 g/mol. The molecule has 0 fully saturated rings. The van der Waals surface area contributed by atoms with E-state index in [0.29, 0.717) is 11.8 Å². The van der Waals surface area contributed by atoms with Crippen LogP contribution in [0.4, 0.5) is 0 Å². The van der Waals surface area contributed by atoms with E-state index >= 15 is 0 Å². The van der Waals surface area contributed by atoms with Gasteiger partial charge in [0.15, 0.2) is 0 Å². The van der Waals surface area contributed by atoms with E-state index < -0.39 is 0 Å². The van der Waals surface area contributed by atoms with Gasteiger partial charge in [0.25, 0.3) is 0 Å². The SMILES string of the molecule is CC(C)Cc1ccc(-c2ccc3oc4ccc5c(-c6ccc(CC(C)C)cc6)ccc6oc7ccc2c3c7-c4c65)cc1. The first kappa shape index (κ1) is 25.2. The Bertz CT molecular complexity index is 2010. The van der Waals surface area contributed by atoms with E-state index in [2.05, 4.69) is 125 Å². The molecule has 0 saturated heterocycles. The van der Waals surface area contributed by atoms with Gasteiger partial charge in [0.2, 0.25) is 0 Å². The van der Waals surface area contributed by atoms with E-state index in [0.717, 1.165) is 57.1 Å². The summed E-state index contributed by atoms with van der Waals surface area (Å²) in [7, 11) is 0. The molecule has 0 aromatic heterocycles. The van der Waals surface area contributed by atoms with Crippen LogP contribution in [0, 0.1) is 11.8 Å². The first-order valence-corrected chi connectivity index (χ1v) is 15.2. The van der Waals surface area contributed by atoms with Crippen LogP contribution in [0.25, 0.3) is 77.3 Å². The molecule has 0 aliphatic carbocycles. The molecule has 2 nitrogen and oxygen atoms in total. The molecule has 0 radical (unpaired) electrons. The molecule has 2 aliphatic rings. The third-order valence-corrected chi connectivity index (χ3v) is 8.72. The van der Waals surface area contributed by atoms with Crippen molar-refractivity contribution in [2.24, 2.45) is 11.8 Å². The van der Waals surface area contributed by atoms with Crippen LogP contribution in [0.15, 0.2) is 106 Å². The summed E-state index contributed by atoms with van der Waals surface area (Å²) >= 11 is 0. The lowest BCUT2D eigenvalue weighted by Gasteiger charge is -2.21. The predicted octanol–water partition coefficient (Wildman–Crippen LogP) is 11.8. The normalized spacial score (nSPS) is 12.4. The average Bonchev–Trinajstić information content (AvgIpc) is 2.99. The minimum Gasteiger partial charge on any atom is -0.456 e. The van der Waals surface area contributed by atoms with Crippen molar-refractivity contribution in [3.05, 3.63) is 108 Å². The Morgan fingerprint density at radius 2 is 0.810 bits per heavy atom. The molecule has 42 heavy (non-hydrogen) atoms. The first-order valence-electron chi connectivity index (χ1n) is 15.2. The molecule has 2 heterocycles. The number of hydrogen-bond acceptors (Lipinski definition) is 2. The maximum atomic E-state index is 6.64. The van der Waals surface area contributed by atoms with Gasteiger partial charge >= 0.3 is 0 Å². The molecule has 8 rings (SSSR count). The fraction of sp³-hybridized carbons (Fsp3) is 0.200. The zero-order valence-corrected chi connectivity index (χ0v) is 24.6. The maximum absolute atomic E-state index is 6.64. The smallest absolute Gasteiger partial charge is 0.136 e. The number of benzene rings is 6. The van der Waals surface area contributed by atoms with E-state index in [-0.39, 0.29) is 0 Å². The van der Waals surface area contributed by atoms with Gasteiger partial charge < -0.3 is 8.83 Å². The van der Waals surface area contributed by atoms with Crippen LogP contribution in [0.2, 0.25) is 0 Å². The highest BCUT2D eigenvalue weighted by molar-refractivity contribution is 6.26. The van der Waals surface area contributed by atoms with Crippen molar-refractivity contribution in [3.8, 4) is 33.4 Å². The second-order valence-corrected chi connectivity index (χ2v) is 12.7. The van der Waals surface area contributed by atoms with E-state index in [1.54, 1.807) is 0 Å². The van der Waals surface area contributed by atoms with Crippen LogP contribution in [-0.4, -0.2) is 0 Å². The van der Waals surface area contributed by atoms with Crippen molar-refractivity contribution >= 4 is 43.9 Å². The summed E-state index contributed by atoms with van der Waals surface area (Å²) in [5, 5.41) is 4.64. The van der Waals surface area contributed by atoms with Gasteiger partial charge in [-0.25, -0.2) is 0 Å². The van der Waals surface area contributed by atoms with Crippen LogP contribution >= 0.6 is 0 Å². The Balaban J connectivity index is 1.34. The zero-order chi connectivity index (χ0) is 28.5. The topological polar surface area (TPSA) is 26.3 Å². The molecular formula is C40H34O2. The molecule has 2 aliphatic heterocycles. The molecule has 6 aromatic carbocycles. The van der Waals surface area contributed by atoms with Gasteiger partial charge in [-0.15, -0.1) is 0 Å². The van der Waals surface area contributed by atoms with Crippen LogP contribution in [0.3, 0.4) is 0 Å². The third-order valence-electron chi connectivity index (χ3n) is 8.72. The van der Waals surface area contributed by atoms with Gasteiger partial charge in [-0.05, 0) is 105 Å². The lowest BCUT2D eigenvalue weighted by Crippen LogP contribution is -1.97. The van der Waals surface area contributed by atoms with E-state index in [4.69, 9.17) is 8.83 Å². The molecule has 0 amide bonds. The highest BCUT2D eigenvalue weighted by atomic mass is 16.3. The summed E-state index contributed by atoms with van der Waals surface area (Å²) in [6.45, 7) is 9.07. The summed E-state index contributed by atoms with van der Waals surface area (Å²) in [5.41, 5.74) is 13.5. The Labute approximate surface area is 246 Å². The standard InChI is InChI=1S/C40H34O2/c1-23(2)21-25-5-9-27(10-6-25)29-13-17-33-37-31(29)15-19-35-39(37)40-36(41-33)20-16-32-30(14-18-34(42-35)38(32)40)28-11-7-26(8-12-28)22-24(3)4/h5-20,23-24H,21-22H2,1-4H3. The summed E-state index contributed by atoms with van der Waals surface area (Å²) in [4.78, 5) is 0. The Hall–Kier alpha value is -4.56. The molecule has 206 valence electrons. The van der Waals surface area contributed by atoms with Crippen LogP contribution in [0.5, 0.6) is 0 Å². The molecule has 0 saturated carbocycles. The second-order valence-electron chi connectivity index (χ2n) is 12.7. The van der Waals surface area contributed by atoms with Crippen molar-refractivity contribution in [2.75, 3.05) is 0 Å². The molecule has 0 unspecified atom stereocenters. The number of hydrogen-bond donors (Lipinski definition) is 0. The Morgan fingerprint density at radius 1 is 0.429 bits per heavy atom. The Morgan fingerprint density at radius 3 is 1.19 bits per heavy atom. The van der Waals surface area contributed by atoms with Gasteiger partial charge in [0.05, 0.1) is 0 Å². The fourth-order valence-electron chi connectivity index (χ4n) is 6.95. The Kier molecular flexibility index (Phi) is 5.69. The minimum absolute atomic E-state index is 0.641. The molecule has 0 spiro atoms. The van der Waals surface area contributed by atoms with Crippen molar-refractivity contribution in [1.29, 1.82) is 0 Å². The number of rotatable bonds is 6. The van der Waals surface area contributed by atoms with Crippen molar-refractivity contribution in [1.82, 2.24) is 0 Å². The largest absolute Gasteiger partial charge is 0.456 e. The second kappa shape index (κ2) is 9.49. The molecule has 2 heteroatoms. The quantitative estimate of drug-likeness (QED) is 0.153. The highest BCUT2D eigenvalue weighted by Gasteiger charge is 2.26. The van der Waals surface area contributed by atoms with E-state index in [1.165, 1.54) is 44.2 Å². The van der Waals surface area contributed by atoms with Crippen molar-refractivity contribution < 1.29 is 8.83 Å². The first-order chi connectivity index (χ1) is 20.4. The van der Waals surface area contributed by atoms with E-state index in [9.17, 15) is 0 Å². The lowest BCUT2D eigenvalue weighted by molar-refractivity contribution is 0.646. The van der Waals surface area contributed by atoms with Crippen LogP contribution in [-0.2, 0) is 12.8 Å². The van der Waals surface area contributed by atoms with Gasteiger partial charge in [-0.2, -0.15) is 0 Å². The maximum Gasteiger partial charge on any atom is 0.136 e. The summed E-state index contributed by atoms with van der Waals surface area (Å²) in [5.74, 6) is 1.28. The van der Waals surface area contributed by atoms with Crippen LogP contribution < -0.4 is 0 Å². The predicted molar refractivity (Wildman–Crippen MR) is 177 cm³/mol. The van der Waals surface area contributed by atoms with Gasteiger partial charge in [-0.3, -0.25) is 0 Å². The van der Waals surface area contributed by atoms with Gasteiger partial charge in [0, 0.05) is 21.9 Å². The lowest BCUT2D eigenvalue weighted by atomic mass is 9.86. The summed E-state index contributed by atoms with van der Waals surface area (Å²) in [6, 6.07) is 35.4. The van der Waals surface area contributed by atoms with Gasteiger partial charge in [-0.1, -0.05) is 88.4 Å². The summed E-state index contributed by atoms with van der Waals surface area (Å²) < 4.78 is 13.3. The van der Waals surface area contributed by atoms with Crippen LogP contribution in [0.1, 0.15) is 38.8 Å². The molecule has 0 N–H and O–H groups in total. The van der Waals surface area contributed by atoms with Gasteiger partial charge in [0.1, 0.15) is 22.3 Å². The molecule has 0 bridgehead atoms. The highest BCUT2D eigenvalue weighted by Crippen LogP contribution is 2.50. The monoisotopic (exact) mass is 546 g/mol. The van der Waals surface area contributed by atoms with E-state index in [1.807, 2.05) is 0 Å². The van der Waals surface area contributed by atoms with Crippen molar-refractivity contribution in [3.63, 3.8) is 0 Å². The summed E-state index contributed by atoms with van der Waals surface area (Å²) in [6.07, 6.45) is 2.18. The molecule has 6 aromatic rings. The average molecular weight is 547 g/mol. The van der Waals surface area contributed by atoms with Crippen molar-refractivity contribution in [2.45, 2.75) is 40.5 Å². The third kappa shape index (κ3) is 3.93. The fourth-order valence-corrected chi connectivity index (χ4v) is 6.95. The molecule has 0 atom stereocenters. The zero-order valence-electron chi connectivity index (χ0n) is 24.6.